The molecule has 1 aromatic rings. The van der Waals surface area contributed by atoms with Crippen molar-refractivity contribution >= 4 is 12.0 Å². The second-order valence-electron chi connectivity index (χ2n) is 5.35. The van der Waals surface area contributed by atoms with E-state index in [-0.39, 0.29) is 12.0 Å². The number of ether oxygens (including phenoxy) is 1. The molecular formula is C12H18N4O2. The van der Waals surface area contributed by atoms with Gasteiger partial charge in [-0.15, -0.1) is 0 Å². The number of aromatic nitrogens is 2. The third-order valence-electron chi connectivity index (χ3n) is 2.62. The molecule has 98 valence electrons. The molecule has 18 heavy (non-hydrogen) atoms. The van der Waals surface area contributed by atoms with Gasteiger partial charge in [0.05, 0.1) is 12.2 Å². The molecule has 0 radical (unpaired) electrons. The molecule has 0 fully saturated rings. The molecule has 0 saturated heterocycles. The fraction of sp³-hybridized carbons (Fsp3) is 0.583. The molecule has 1 aliphatic rings. The monoisotopic (exact) mass is 250 g/mol. The van der Waals surface area contributed by atoms with E-state index < -0.39 is 5.60 Å². The van der Waals surface area contributed by atoms with Gasteiger partial charge in [-0.05, 0) is 32.8 Å². The van der Waals surface area contributed by atoms with Crippen LogP contribution in [0.2, 0.25) is 0 Å². The van der Waals surface area contributed by atoms with Crippen LogP contribution >= 0.6 is 0 Å². The van der Waals surface area contributed by atoms with E-state index in [1.807, 2.05) is 20.8 Å². The molecule has 0 aliphatic carbocycles. The van der Waals surface area contributed by atoms with Crippen molar-refractivity contribution in [3.8, 4) is 0 Å². The van der Waals surface area contributed by atoms with E-state index in [0.717, 1.165) is 17.7 Å². The van der Waals surface area contributed by atoms with Crippen LogP contribution in [0.1, 0.15) is 32.0 Å². The predicted molar refractivity (Wildman–Crippen MR) is 66.8 cm³/mol. The first kappa shape index (κ1) is 12.6. The van der Waals surface area contributed by atoms with Crippen LogP contribution in [-0.4, -0.2) is 33.1 Å². The van der Waals surface area contributed by atoms with Crippen LogP contribution in [0, 0.1) is 0 Å². The van der Waals surface area contributed by atoms with Gasteiger partial charge in [0.15, 0.2) is 0 Å². The van der Waals surface area contributed by atoms with Crippen molar-refractivity contribution < 1.29 is 9.53 Å². The summed E-state index contributed by atoms with van der Waals surface area (Å²) >= 11 is 0. The Morgan fingerprint density at radius 3 is 2.89 bits per heavy atom. The minimum atomic E-state index is -0.484. The van der Waals surface area contributed by atoms with Crippen LogP contribution in [0.25, 0.3) is 0 Å². The van der Waals surface area contributed by atoms with Crippen molar-refractivity contribution in [2.24, 2.45) is 0 Å². The topological polar surface area (TPSA) is 81.3 Å². The van der Waals surface area contributed by atoms with Gasteiger partial charge >= 0.3 is 6.09 Å². The Morgan fingerprint density at radius 1 is 1.50 bits per heavy atom. The molecule has 0 atom stereocenters. The number of carbonyl (C=O) groups excluding carboxylic acids is 1. The van der Waals surface area contributed by atoms with Gasteiger partial charge in [0.2, 0.25) is 5.95 Å². The number of fused-ring (bicyclic) bond motifs is 1. The Hall–Kier alpha value is -1.85. The Balaban J connectivity index is 2.09. The maximum Gasteiger partial charge on any atom is 0.410 e. The zero-order chi connectivity index (χ0) is 13.3. The number of amides is 1. The highest BCUT2D eigenvalue weighted by Gasteiger charge is 2.26. The summed E-state index contributed by atoms with van der Waals surface area (Å²) in [5, 5.41) is 0. The van der Waals surface area contributed by atoms with Crippen LogP contribution in [0.3, 0.4) is 0 Å². The summed E-state index contributed by atoms with van der Waals surface area (Å²) in [7, 11) is 0. The van der Waals surface area contributed by atoms with Crippen molar-refractivity contribution in [1.29, 1.82) is 0 Å². The molecule has 6 heteroatoms. The summed E-state index contributed by atoms with van der Waals surface area (Å²) < 4.78 is 5.33. The molecule has 0 bridgehead atoms. The minimum Gasteiger partial charge on any atom is -0.444 e. The van der Waals surface area contributed by atoms with Gasteiger partial charge in [0, 0.05) is 12.7 Å². The lowest BCUT2D eigenvalue weighted by atomic mass is 10.1. The SMILES string of the molecule is CC(C)(C)OC(=O)N1CCc2cnc(N)nc2C1. The van der Waals surface area contributed by atoms with Gasteiger partial charge in [-0.1, -0.05) is 0 Å². The fourth-order valence-corrected chi connectivity index (χ4v) is 1.80. The number of nitrogen functional groups attached to an aromatic ring is 1. The van der Waals surface area contributed by atoms with Crippen LogP contribution in [0.4, 0.5) is 10.7 Å². The van der Waals surface area contributed by atoms with Gasteiger partial charge in [-0.25, -0.2) is 14.8 Å². The van der Waals surface area contributed by atoms with E-state index in [4.69, 9.17) is 10.5 Å². The number of nitrogens with zero attached hydrogens (tertiary/aromatic N) is 3. The molecule has 0 aromatic carbocycles. The molecule has 2 rings (SSSR count). The number of anilines is 1. The molecule has 1 aliphatic heterocycles. The minimum absolute atomic E-state index is 0.236. The number of hydrogen-bond donors (Lipinski definition) is 1. The average molecular weight is 250 g/mol. The Bertz CT molecular complexity index is 468. The van der Waals surface area contributed by atoms with Gasteiger partial charge < -0.3 is 15.4 Å². The summed E-state index contributed by atoms with van der Waals surface area (Å²) in [5.41, 5.74) is 6.91. The van der Waals surface area contributed by atoms with Gasteiger partial charge in [0.1, 0.15) is 5.60 Å². The first-order chi connectivity index (χ1) is 8.35. The number of nitrogens with two attached hydrogens (primary N) is 1. The van der Waals surface area contributed by atoms with Gasteiger partial charge in [-0.3, -0.25) is 0 Å². The number of hydrogen-bond acceptors (Lipinski definition) is 5. The summed E-state index contributed by atoms with van der Waals surface area (Å²) in [4.78, 5) is 21.7. The normalized spacial score (nSPS) is 15.2. The lowest BCUT2D eigenvalue weighted by molar-refractivity contribution is 0.0221. The van der Waals surface area contributed by atoms with Crippen LogP contribution in [0.15, 0.2) is 6.20 Å². The molecule has 0 spiro atoms. The van der Waals surface area contributed by atoms with E-state index in [0.29, 0.717) is 13.1 Å². The van der Waals surface area contributed by atoms with Crippen LogP contribution < -0.4 is 5.73 Å². The first-order valence-electron chi connectivity index (χ1n) is 5.93. The highest BCUT2D eigenvalue weighted by atomic mass is 16.6. The molecule has 1 aromatic heterocycles. The molecule has 1 amide bonds. The standard InChI is InChI=1S/C12H18N4O2/c1-12(2,3)18-11(17)16-5-4-8-6-14-10(13)15-9(8)7-16/h6H,4-5,7H2,1-3H3,(H2,13,14,15). The van der Waals surface area contributed by atoms with Crippen LogP contribution in [-0.2, 0) is 17.7 Å². The number of carbonyl (C=O) groups is 1. The van der Waals surface area contributed by atoms with Crippen molar-refractivity contribution in [2.45, 2.75) is 39.3 Å². The van der Waals surface area contributed by atoms with Crippen LogP contribution in [0.5, 0.6) is 0 Å². The predicted octanol–water partition coefficient (Wildman–Crippen LogP) is 1.35. The Kier molecular flexibility index (Phi) is 3.11. The lowest BCUT2D eigenvalue weighted by Gasteiger charge is -2.30. The Morgan fingerprint density at radius 2 is 2.22 bits per heavy atom. The molecule has 2 heterocycles. The molecular weight excluding hydrogens is 232 g/mol. The third kappa shape index (κ3) is 2.88. The van der Waals surface area contributed by atoms with E-state index in [1.54, 1.807) is 11.1 Å². The third-order valence-corrected chi connectivity index (χ3v) is 2.62. The van der Waals surface area contributed by atoms with Crippen molar-refractivity contribution in [3.05, 3.63) is 17.5 Å². The summed E-state index contributed by atoms with van der Waals surface area (Å²) in [6.07, 6.45) is 2.14. The zero-order valence-electron chi connectivity index (χ0n) is 10.9. The maximum atomic E-state index is 11.9. The van der Waals surface area contributed by atoms with Gasteiger partial charge in [-0.2, -0.15) is 0 Å². The van der Waals surface area contributed by atoms with E-state index in [2.05, 4.69) is 9.97 Å². The lowest BCUT2D eigenvalue weighted by Crippen LogP contribution is -2.40. The summed E-state index contributed by atoms with van der Waals surface area (Å²) in [6, 6.07) is 0. The maximum absolute atomic E-state index is 11.9. The first-order valence-corrected chi connectivity index (χ1v) is 5.93. The van der Waals surface area contributed by atoms with E-state index in [9.17, 15) is 4.79 Å². The Labute approximate surface area is 106 Å². The smallest absolute Gasteiger partial charge is 0.410 e. The largest absolute Gasteiger partial charge is 0.444 e. The van der Waals surface area contributed by atoms with E-state index in [1.165, 1.54) is 0 Å². The second-order valence-corrected chi connectivity index (χ2v) is 5.35. The zero-order valence-corrected chi connectivity index (χ0v) is 10.9. The highest BCUT2D eigenvalue weighted by Crippen LogP contribution is 2.19. The van der Waals surface area contributed by atoms with Gasteiger partial charge in [0.25, 0.3) is 0 Å². The summed E-state index contributed by atoms with van der Waals surface area (Å²) in [5.74, 6) is 0.236. The molecule has 6 nitrogen and oxygen atoms in total. The van der Waals surface area contributed by atoms with E-state index >= 15 is 0 Å². The highest BCUT2D eigenvalue weighted by molar-refractivity contribution is 5.68. The van der Waals surface area contributed by atoms with Crippen molar-refractivity contribution in [2.75, 3.05) is 12.3 Å². The molecule has 2 N–H and O–H groups in total. The van der Waals surface area contributed by atoms with Crippen molar-refractivity contribution in [3.63, 3.8) is 0 Å². The number of rotatable bonds is 0. The average Bonchev–Trinajstić information content (AvgIpc) is 2.25. The fourth-order valence-electron chi connectivity index (χ4n) is 1.80. The summed E-state index contributed by atoms with van der Waals surface area (Å²) in [6.45, 7) is 6.60. The van der Waals surface area contributed by atoms with Crippen molar-refractivity contribution in [1.82, 2.24) is 14.9 Å². The second kappa shape index (κ2) is 4.44. The molecule has 0 saturated carbocycles. The molecule has 0 unspecified atom stereocenters. The quantitative estimate of drug-likeness (QED) is 0.751.